The minimum absolute atomic E-state index is 0.110. The van der Waals surface area contributed by atoms with Gasteiger partial charge in [-0.3, -0.25) is 4.79 Å². The van der Waals surface area contributed by atoms with Crippen molar-refractivity contribution < 1.29 is 13.6 Å². The third kappa shape index (κ3) is 4.26. The molecule has 1 aliphatic heterocycles. The molecule has 0 aliphatic carbocycles. The number of nitrogens with one attached hydrogen (secondary N) is 1. The minimum Gasteiger partial charge on any atom is -0.362 e. The zero-order chi connectivity index (χ0) is 16.9. The van der Waals surface area contributed by atoms with Crippen LogP contribution in [-0.2, 0) is 11.2 Å². The van der Waals surface area contributed by atoms with Crippen molar-refractivity contribution in [2.75, 3.05) is 23.3 Å². The molecular weight excluding hydrogens is 330 g/mol. The highest BCUT2D eigenvalue weighted by Gasteiger charge is 2.18. The van der Waals surface area contributed by atoms with Gasteiger partial charge in [-0.05, 0) is 48.7 Å². The van der Waals surface area contributed by atoms with Crippen molar-refractivity contribution in [2.24, 2.45) is 0 Å². The highest BCUT2D eigenvalue weighted by atomic mass is 32.2. The fraction of sp³-hybridized carbons (Fsp3) is 0.278. The van der Waals surface area contributed by atoms with Crippen molar-refractivity contribution in [3.05, 3.63) is 54.1 Å². The maximum absolute atomic E-state index is 12.3. The summed E-state index contributed by atoms with van der Waals surface area (Å²) in [5.41, 5.74) is 3.00. The lowest BCUT2D eigenvalue weighted by Gasteiger charge is -2.30. The van der Waals surface area contributed by atoms with Gasteiger partial charge in [0, 0.05) is 22.8 Å². The SMILES string of the molecule is O=C(CN1CCCc2ccccc21)Nc1ccc(SC(F)F)cc1. The summed E-state index contributed by atoms with van der Waals surface area (Å²) in [5, 5.41) is 2.82. The van der Waals surface area contributed by atoms with E-state index >= 15 is 0 Å². The Balaban J connectivity index is 1.60. The summed E-state index contributed by atoms with van der Waals surface area (Å²) in [6, 6.07) is 14.6. The summed E-state index contributed by atoms with van der Waals surface area (Å²) in [5.74, 6) is -2.55. The predicted molar refractivity (Wildman–Crippen MR) is 93.9 cm³/mol. The molecule has 2 aromatic rings. The van der Waals surface area contributed by atoms with E-state index in [4.69, 9.17) is 0 Å². The van der Waals surface area contributed by atoms with Crippen LogP contribution in [0.2, 0.25) is 0 Å². The molecule has 3 rings (SSSR count). The zero-order valence-corrected chi connectivity index (χ0v) is 13.9. The first-order valence-corrected chi connectivity index (χ1v) is 8.67. The molecule has 0 atom stereocenters. The number of fused-ring (bicyclic) bond motifs is 1. The van der Waals surface area contributed by atoms with E-state index in [9.17, 15) is 13.6 Å². The molecule has 1 aliphatic rings. The van der Waals surface area contributed by atoms with Gasteiger partial charge < -0.3 is 10.2 Å². The van der Waals surface area contributed by atoms with Gasteiger partial charge in [-0.2, -0.15) is 8.78 Å². The summed E-state index contributed by atoms with van der Waals surface area (Å²) in [6.45, 7) is 1.14. The van der Waals surface area contributed by atoms with Crippen LogP contribution >= 0.6 is 11.8 Å². The molecule has 1 N–H and O–H groups in total. The van der Waals surface area contributed by atoms with E-state index < -0.39 is 5.76 Å². The lowest BCUT2D eigenvalue weighted by Crippen LogP contribution is -2.36. The molecule has 126 valence electrons. The predicted octanol–water partition coefficient (Wildman–Crippen LogP) is 4.39. The van der Waals surface area contributed by atoms with E-state index in [-0.39, 0.29) is 12.5 Å². The molecule has 0 spiro atoms. The van der Waals surface area contributed by atoms with Crippen LogP contribution in [0.4, 0.5) is 20.2 Å². The van der Waals surface area contributed by atoms with Crippen molar-refractivity contribution in [2.45, 2.75) is 23.5 Å². The Hall–Kier alpha value is -2.08. The Kier molecular flexibility index (Phi) is 5.35. The van der Waals surface area contributed by atoms with Crippen molar-refractivity contribution in [1.82, 2.24) is 0 Å². The summed E-state index contributed by atoms with van der Waals surface area (Å²) in [7, 11) is 0. The van der Waals surface area contributed by atoms with E-state index in [1.807, 2.05) is 18.2 Å². The zero-order valence-electron chi connectivity index (χ0n) is 13.0. The van der Waals surface area contributed by atoms with Gasteiger partial charge in [-0.1, -0.05) is 30.0 Å². The monoisotopic (exact) mass is 348 g/mol. The topological polar surface area (TPSA) is 32.3 Å². The highest BCUT2D eigenvalue weighted by Crippen LogP contribution is 2.27. The Morgan fingerprint density at radius 1 is 1.17 bits per heavy atom. The van der Waals surface area contributed by atoms with Crippen LogP contribution in [0.5, 0.6) is 0 Å². The molecule has 3 nitrogen and oxygen atoms in total. The minimum atomic E-state index is -2.44. The fourth-order valence-corrected chi connectivity index (χ4v) is 3.37. The maximum Gasteiger partial charge on any atom is 0.288 e. The van der Waals surface area contributed by atoms with Crippen LogP contribution in [0.15, 0.2) is 53.4 Å². The number of anilines is 2. The summed E-state index contributed by atoms with van der Waals surface area (Å²) in [6.07, 6.45) is 2.07. The molecule has 6 heteroatoms. The van der Waals surface area contributed by atoms with Gasteiger partial charge in [0.25, 0.3) is 5.76 Å². The number of carbonyl (C=O) groups excluding carboxylic acids is 1. The van der Waals surface area contributed by atoms with Gasteiger partial charge in [-0.15, -0.1) is 0 Å². The van der Waals surface area contributed by atoms with Gasteiger partial charge in [-0.25, -0.2) is 0 Å². The maximum atomic E-state index is 12.3. The molecule has 0 aromatic heterocycles. The molecular formula is C18H18F2N2OS. The third-order valence-electron chi connectivity index (χ3n) is 3.90. The lowest BCUT2D eigenvalue weighted by atomic mass is 10.0. The average molecular weight is 348 g/mol. The number of benzene rings is 2. The van der Waals surface area contributed by atoms with Gasteiger partial charge in [0.05, 0.1) is 6.54 Å². The second kappa shape index (κ2) is 7.66. The van der Waals surface area contributed by atoms with Crippen LogP contribution < -0.4 is 10.2 Å². The molecule has 1 heterocycles. The Labute approximate surface area is 144 Å². The molecule has 0 radical (unpaired) electrons. The second-order valence-electron chi connectivity index (χ2n) is 5.60. The molecule has 2 aromatic carbocycles. The van der Waals surface area contributed by atoms with Gasteiger partial charge in [0.15, 0.2) is 0 Å². The largest absolute Gasteiger partial charge is 0.362 e. The molecule has 0 unspecified atom stereocenters. The number of hydrogen-bond donors (Lipinski definition) is 1. The molecule has 1 amide bonds. The molecule has 0 fully saturated rings. The van der Waals surface area contributed by atoms with Gasteiger partial charge >= 0.3 is 0 Å². The quantitative estimate of drug-likeness (QED) is 0.813. The smallest absolute Gasteiger partial charge is 0.288 e. The highest BCUT2D eigenvalue weighted by molar-refractivity contribution is 7.99. The normalized spacial score (nSPS) is 13.7. The standard InChI is InChI=1S/C18H18F2N2OS/c19-18(20)24-15-9-7-14(8-10-15)21-17(23)12-22-11-3-5-13-4-1-2-6-16(13)22/h1-2,4,6-10,18H,3,5,11-12H2,(H,21,23). The van der Waals surface area contributed by atoms with Crippen molar-refractivity contribution in [3.8, 4) is 0 Å². The fourth-order valence-electron chi connectivity index (χ4n) is 2.87. The number of halogens is 2. The summed E-state index contributed by atoms with van der Waals surface area (Å²) in [4.78, 5) is 14.8. The van der Waals surface area contributed by atoms with Crippen molar-refractivity contribution in [3.63, 3.8) is 0 Å². The number of hydrogen-bond acceptors (Lipinski definition) is 3. The third-order valence-corrected chi connectivity index (χ3v) is 4.63. The number of amides is 1. The molecule has 24 heavy (non-hydrogen) atoms. The second-order valence-corrected chi connectivity index (χ2v) is 6.67. The van der Waals surface area contributed by atoms with Gasteiger partial charge in [0.1, 0.15) is 0 Å². The summed E-state index contributed by atoms with van der Waals surface area (Å²) >= 11 is 0.492. The van der Waals surface area contributed by atoms with Gasteiger partial charge in [0.2, 0.25) is 5.91 Å². The first-order chi connectivity index (χ1) is 11.6. The van der Waals surface area contributed by atoms with E-state index in [0.717, 1.165) is 25.1 Å². The Bertz CT molecular complexity index is 706. The molecule has 0 saturated carbocycles. The number of carbonyl (C=O) groups is 1. The van der Waals surface area contributed by atoms with Crippen LogP contribution in [0.1, 0.15) is 12.0 Å². The number of para-hydroxylation sites is 1. The van der Waals surface area contributed by atoms with Crippen molar-refractivity contribution >= 4 is 29.0 Å². The van der Waals surface area contributed by atoms with Crippen LogP contribution in [0.3, 0.4) is 0 Å². The Morgan fingerprint density at radius 2 is 1.92 bits per heavy atom. The van der Waals surface area contributed by atoms with Crippen LogP contribution in [0.25, 0.3) is 0 Å². The molecule has 0 saturated heterocycles. The van der Waals surface area contributed by atoms with E-state index in [0.29, 0.717) is 22.3 Å². The summed E-state index contributed by atoms with van der Waals surface area (Å²) < 4.78 is 24.6. The number of aryl methyl sites for hydroxylation is 1. The van der Waals surface area contributed by atoms with E-state index in [1.165, 1.54) is 5.56 Å². The van der Waals surface area contributed by atoms with E-state index in [1.54, 1.807) is 24.3 Å². The van der Waals surface area contributed by atoms with Crippen LogP contribution in [-0.4, -0.2) is 24.8 Å². The number of thioether (sulfide) groups is 1. The first kappa shape index (κ1) is 16.8. The average Bonchev–Trinajstić information content (AvgIpc) is 2.56. The Morgan fingerprint density at radius 3 is 2.67 bits per heavy atom. The van der Waals surface area contributed by atoms with E-state index in [2.05, 4.69) is 16.3 Å². The number of rotatable bonds is 5. The van der Waals surface area contributed by atoms with Crippen molar-refractivity contribution in [1.29, 1.82) is 0 Å². The molecule has 0 bridgehead atoms. The van der Waals surface area contributed by atoms with Crippen LogP contribution in [0, 0.1) is 0 Å². The number of nitrogens with zero attached hydrogens (tertiary/aromatic N) is 1. The number of alkyl halides is 2. The lowest BCUT2D eigenvalue weighted by molar-refractivity contribution is -0.115. The first-order valence-electron chi connectivity index (χ1n) is 7.79.